The quantitative estimate of drug-likeness (QED) is 0.626. The lowest BCUT2D eigenvalue weighted by Gasteiger charge is -2.30. The first-order valence-corrected chi connectivity index (χ1v) is 9.08. The summed E-state index contributed by atoms with van der Waals surface area (Å²) in [5, 5.41) is 0.760. The summed E-state index contributed by atoms with van der Waals surface area (Å²) in [6.07, 6.45) is 0.428. The molecule has 1 fully saturated rings. The van der Waals surface area contributed by atoms with Crippen LogP contribution in [0.3, 0.4) is 0 Å². The van der Waals surface area contributed by atoms with Crippen molar-refractivity contribution in [2.45, 2.75) is 18.8 Å². The average molecular weight is 398 g/mol. The standard InChI is InChI=1S/C21H16ClNO5/c1-27-21-19(22)15-8-7-14(11-16(15)20(26)28-21)23-17(24)9-13(10-18(23)25)12-5-3-2-4-6-12/h2-8,11,13H,9-10H2,1H3. The number of carbonyl (C=O) groups is 2. The maximum atomic E-state index is 12.7. The Balaban J connectivity index is 1.70. The highest BCUT2D eigenvalue weighted by atomic mass is 35.5. The second-order valence-electron chi connectivity index (χ2n) is 6.56. The first kappa shape index (κ1) is 18.3. The topological polar surface area (TPSA) is 76.8 Å². The van der Waals surface area contributed by atoms with Gasteiger partial charge in [-0.05, 0) is 17.7 Å². The Bertz CT molecular complexity index is 1120. The highest BCUT2D eigenvalue weighted by Crippen LogP contribution is 2.35. The molecule has 0 radical (unpaired) electrons. The maximum Gasteiger partial charge on any atom is 0.346 e. The molecule has 0 aliphatic carbocycles. The van der Waals surface area contributed by atoms with E-state index in [4.69, 9.17) is 20.8 Å². The van der Waals surface area contributed by atoms with Crippen LogP contribution in [0.15, 0.2) is 57.7 Å². The van der Waals surface area contributed by atoms with E-state index in [2.05, 4.69) is 0 Å². The van der Waals surface area contributed by atoms with E-state index in [-0.39, 0.29) is 46.9 Å². The number of halogens is 1. The van der Waals surface area contributed by atoms with Crippen molar-refractivity contribution in [3.05, 3.63) is 69.5 Å². The van der Waals surface area contributed by atoms with Gasteiger partial charge in [0.25, 0.3) is 0 Å². The molecule has 4 rings (SSSR count). The Morgan fingerprint density at radius 2 is 1.68 bits per heavy atom. The smallest absolute Gasteiger partial charge is 0.346 e. The van der Waals surface area contributed by atoms with Gasteiger partial charge in [-0.15, -0.1) is 0 Å². The van der Waals surface area contributed by atoms with Crippen molar-refractivity contribution in [2.24, 2.45) is 0 Å². The fourth-order valence-electron chi connectivity index (χ4n) is 3.52. The van der Waals surface area contributed by atoms with E-state index < -0.39 is 5.63 Å². The zero-order valence-electron chi connectivity index (χ0n) is 15.0. The minimum absolute atomic E-state index is 0.0808. The molecule has 0 bridgehead atoms. The number of amides is 2. The molecule has 6 nitrogen and oxygen atoms in total. The Kier molecular flexibility index (Phi) is 4.65. The van der Waals surface area contributed by atoms with Crippen molar-refractivity contribution in [1.29, 1.82) is 0 Å². The van der Waals surface area contributed by atoms with Gasteiger partial charge in [0.2, 0.25) is 11.8 Å². The lowest BCUT2D eigenvalue weighted by atomic mass is 9.88. The fraction of sp³-hybridized carbons (Fsp3) is 0.190. The largest absolute Gasteiger partial charge is 0.467 e. The van der Waals surface area contributed by atoms with Gasteiger partial charge in [-0.25, -0.2) is 4.79 Å². The first-order chi connectivity index (χ1) is 13.5. The van der Waals surface area contributed by atoms with Crippen LogP contribution in [0.1, 0.15) is 24.3 Å². The molecule has 1 aliphatic heterocycles. The molecule has 0 unspecified atom stereocenters. The number of nitrogens with zero attached hydrogens (tertiary/aromatic N) is 1. The van der Waals surface area contributed by atoms with E-state index >= 15 is 0 Å². The van der Waals surface area contributed by atoms with Crippen molar-refractivity contribution in [3.63, 3.8) is 0 Å². The maximum absolute atomic E-state index is 12.7. The number of carbonyl (C=O) groups excluding carboxylic acids is 2. The van der Waals surface area contributed by atoms with Crippen LogP contribution in [0.5, 0.6) is 5.95 Å². The van der Waals surface area contributed by atoms with Crippen LogP contribution in [-0.4, -0.2) is 18.9 Å². The van der Waals surface area contributed by atoms with Crippen LogP contribution < -0.4 is 15.3 Å². The molecule has 0 atom stereocenters. The summed E-state index contributed by atoms with van der Waals surface area (Å²) < 4.78 is 9.99. The Labute approximate surface area is 165 Å². The number of rotatable bonds is 3. The lowest BCUT2D eigenvalue weighted by molar-refractivity contribution is -0.129. The van der Waals surface area contributed by atoms with Gasteiger partial charge in [0.1, 0.15) is 5.02 Å². The van der Waals surface area contributed by atoms with Gasteiger partial charge in [0.05, 0.1) is 18.2 Å². The molecule has 1 aromatic heterocycles. The third kappa shape index (κ3) is 3.05. The predicted molar refractivity (Wildman–Crippen MR) is 105 cm³/mol. The highest BCUT2D eigenvalue weighted by Gasteiger charge is 2.34. The number of methoxy groups -OCH3 is 1. The molecule has 2 heterocycles. The van der Waals surface area contributed by atoms with Gasteiger partial charge in [0, 0.05) is 24.1 Å². The number of imide groups is 1. The molecule has 1 saturated heterocycles. The Morgan fingerprint density at radius 1 is 1.00 bits per heavy atom. The fourth-order valence-corrected chi connectivity index (χ4v) is 3.80. The predicted octanol–water partition coefficient (Wildman–Crippen LogP) is 3.89. The van der Waals surface area contributed by atoms with Crippen LogP contribution in [0, 0.1) is 0 Å². The summed E-state index contributed by atoms with van der Waals surface area (Å²) in [6, 6.07) is 14.1. The van der Waals surface area contributed by atoms with Crippen molar-refractivity contribution in [3.8, 4) is 5.95 Å². The minimum atomic E-state index is -0.655. The molecule has 2 aromatic carbocycles. The monoisotopic (exact) mass is 397 g/mol. The summed E-state index contributed by atoms with van der Waals surface area (Å²) in [7, 11) is 1.35. The zero-order chi connectivity index (χ0) is 19.8. The summed E-state index contributed by atoms with van der Waals surface area (Å²) in [5.41, 5.74) is 0.626. The number of benzene rings is 2. The van der Waals surface area contributed by atoms with Crippen molar-refractivity contribution >= 4 is 39.9 Å². The molecule has 0 N–H and O–H groups in total. The summed E-state index contributed by atoms with van der Waals surface area (Å²) in [6.45, 7) is 0. The van der Waals surface area contributed by atoms with E-state index in [0.717, 1.165) is 10.5 Å². The molecule has 1 aliphatic rings. The van der Waals surface area contributed by atoms with Gasteiger partial charge in [-0.1, -0.05) is 48.0 Å². The lowest BCUT2D eigenvalue weighted by Crippen LogP contribution is -2.42. The Morgan fingerprint density at radius 3 is 2.32 bits per heavy atom. The van der Waals surface area contributed by atoms with E-state index in [0.29, 0.717) is 11.1 Å². The second-order valence-corrected chi connectivity index (χ2v) is 6.94. The number of hydrogen-bond donors (Lipinski definition) is 0. The SMILES string of the molecule is COc1oc(=O)c2cc(N3C(=O)CC(c4ccccc4)CC3=O)ccc2c1Cl. The van der Waals surface area contributed by atoms with E-state index in [1.807, 2.05) is 30.3 Å². The van der Waals surface area contributed by atoms with Crippen molar-refractivity contribution in [1.82, 2.24) is 0 Å². The molecule has 7 heteroatoms. The van der Waals surface area contributed by atoms with E-state index in [1.54, 1.807) is 12.1 Å². The van der Waals surface area contributed by atoms with Crippen LogP contribution in [0.2, 0.25) is 5.02 Å². The highest BCUT2D eigenvalue weighted by molar-refractivity contribution is 6.36. The molecule has 142 valence electrons. The molecule has 0 spiro atoms. The number of hydrogen-bond acceptors (Lipinski definition) is 5. The second kappa shape index (κ2) is 7.13. The first-order valence-electron chi connectivity index (χ1n) is 8.70. The normalized spacial score (nSPS) is 15.3. The van der Waals surface area contributed by atoms with Gasteiger partial charge >= 0.3 is 11.6 Å². The number of anilines is 1. The van der Waals surface area contributed by atoms with Crippen LogP contribution in [-0.2, 0) is 9.59 Å². The number of ether oxygens (including phenoxy) is 1. The summed E-state index contributed by atoms with van der Waals surface area (Å²) in [5.74, 6) is -0.855. The van der Waals surface area contributed by atoms with Gasteiger partial charge in [0.15, 0.2) is 0 Å². The van der Waals surface area contributed by atoms with Crippen LogP contribution in [0.25, 0.3) is 10.8 Å². The molecular formula is C21H16ClNO5. The summed E-state index contributed by atoms with van der Waals surface area (Å²) in [4.78, 5) is 38.8. The zero-order valence-corrected chi connectivity index (χ0v) is 15.7. The third-order valence-corrected chi connectivity index (χ3v) is 5.24. The molecule has 0 saturated carbocycles. The minimum Gasteiger partial charge on any atom is -0.467 e. The molecular weight excluding hydrogens is 382 g/mol. The third-order valence-electron chi connectivity index (χ3n) is 4.88. The van der Waals surface area contributed by atoms with Gasteiger partial charge < -0.3 is 9.15 Å². The molecule has 3 aromatic rings. The van der Waals surface area contributed by atoms with Gasteiger partial charge in [-0.2, -0.15) is 0 Å². The van der Waals surface area contributed by atoms with Gasteiger partial charge in [-0.3, -0.25) is 14.5 Å². The van der Waals surface area contributed by atoms with E-state index in [9.17, 15) is 14.4 Å². The van der Waals surface area contributed by atoms with Crippen LogP contribution >= 0.6 is 11.6 Å². The number of piperidine rings is 1. The number of fused-ring (bicyclic) bond motifs is 1. The van der Waals surface area contributed by atoms with Crippen molar-refractivity contribution in [2.75, 3.05) is 12.0 Å². The summed E-state index contributed by atoms with van der Waals surface area (Å²) >= 11 is 6.19. The molecule has 28 heavy (non-hydrogen) atoms. The van der Waals surface area contributed by atoms with E-state index in [1.165, 1.54) is 13.2 Å². The Hall–Kier alpha value is -3.12. The van der Waals surface area contributed by atoms with Crippen molar-refractivity contribution < 1.29 is 18.7 Å². The molecule has 2 amide bonds. The van der Waals surface area contributed by atoms with Crippen LogP contribution in [0.4, 0.5) is 5.69 Å². The average Bonchev–Trinajstić information content (AvgIpc) is 2.70.